The summed E-state index contributed by atoms with van der Waals surface area (Å²) in [4.78, 5) is 2.32. The molecule has 1 unspecified atom stereocenters. The van der Waals surface area contributed by atoms with Gasteiger partial charge in [0.15, 0.2) is 11.5 Å². The number of phenols is 1. The maximum Gasteiger partial charge on any atom is 0.165 e. The Hall–Kier alpha value is -1.23. The number of nitrogens with zero attached hydrogens (tertiary/aromatic N) is 1. The number of aromatic hydroxyl groups is 1. The van der Waals surface area contributed by atoms with Gasteiger partial charge >= 0.3 is 0 Å². The summed E-state index contributed by atoms with van der Waals surface area (Å²) >= 11 is 6.83. The lowest BCUT2D eigenvalue weighted by molar-refractivity contribution is -0.0465. The zero-order valence-electron chi connectivity index (χ0n) is 12.2. The highest BCUT2D eigenvalue weighted by atomic mass is 35.5. The molecule has 6 atom stereocenters. The van der Waals surface area contributed by atoms with E-state index >= 15 is 0 Å². The van der Waals surface area contributed by atoms with Crippen LogP contribution in [0.25, 0.3) is 0 Å². The van der Waals surface area contributed by atoms with Crippen molar-refractivity contribution in [1.82, 2.24) is 4.90 Å². The molecule has 0 saturated carbocycles. The van der Waals surface area contributed by atoms with E-state index in [1.54, 1.807) is 6.07 Å². The van der Waals surface area contributed by atoms with Crippen LogP contribution in [-0.2, 0) is 5.41 Å². The number of alkyl halides is 1. The SMILES string of the molecule is CN1CC[C@]23c4c5ccc(O)c4O[C@H]2[C@@H](O)C=C[C@H]3[C@H]1C5Cl. The maximum absolute atomic E-state index is 10.5. The number of likely N-dealkylation sites (tertiary alicyclic amines) is 1. The highest BCUT2D eigenvalue weighted by Crippen LogP contribution is 2.65. The van der Waals surface area contributed by atoms with Crippen LogP contribution in [-0.4, -0.2) is 47.0 Å². The first-order valence-corrected chi connectivity index (χ1v) is 8.23. The lowest BCUT2D eigenvalue weighted by Crippen LogP contribution is -2.65. The Morgan fingerprint density at radius 3 is 3.00 bits per heavy atom. The molecule has 0 radical (unpaired) electrons. The molecule has 4 aliphatic rings. The van der Waals surface area contributed by atoms with Crippen molar-refractivity contribution in [2.75, 3.05) is 13.6 Å². The summed E-state index contributed by atoms with van der Waals surface area (Å²) < 4.78 is 6.08. The second-order valence-electron chi connectivity index (χ2n) is 6.98. The first-order valence-electron chi connectivity index (χ1n) is 7.79. The monoisotopic (exact) mass is 319 g/mol. The van der Waals surface area contributed by atoms with E-state index in [1.165, 1.54) is 0 Å². The Balaban J connectivity index is 1.87. The number of rotatable bonds is 0. The van der Waals surface area contributed by atoms with Gasteiger partial charge in [-0.2, -0.15) is 0 Å². The summed E-state index contributed by atoms with van der Waals surface area (Å²) in [6.45, 7) is 0.916. The number of phenolic OH excluding ortho intramolecular Hbond substituents is 1. The van der Waals surface area contributed by atoms with E-state index in [0.717, 1.165) is 24.1 Å². The quantitative estimate of drug-likeness (QED) is 0.567. The van der Waals surface area contributed by atoms with Crippen LogP contribution < -0.4 is 4.74 Å². The Labute approximate surface area is 133 Å². The van der Waals surface area contributed by atoms with Crippen LogP contribution >= 0.6 is 11.6 Å². The van der Waals surface area contributed by atoms with Crippen molar-refractivity contribution in [2.24, 2.45) is 5.92 Å². The topological polar surface area (TPSA) is 52.9 Å². The third-order valence-corrected chi connectivity index (χ3v) is 6.65. The summed E-state index contributed by atoms with van der Waals surface area (Å²) in [6.07, 6.45) is 3.88. The van der Waals surface area contributed by atoms with Crippen molar-refractivity contribution < 1.29 is 14.9 Å². The number of benzene rings is 1. The number of aliphatic hydroxyl groups excluding tert-OH is 1. The molecule has 2 bridgehead atoms. The Morgan fingerprint density at radius 1 is 1.36 bits per heavy atom. The first kappa shape index (κ1) is 13.2. The highest BCUT2D eigenvalue weighted by molar-refractivity contribution is 6.21. The summed E-state index contributed by atoms with van der Waals surface area (Å²) in [5.41, 5.74) is 1.82. The van der Waals surface area contributed by atoms with E-state index in [1.807, 2.05) is 12.1 Å². The number of piperidine rings is 1. The van der Waals surface area contributed by atoms with Gasteiger partial charge in [0, 0.05) is 22.9 Å². The highest BCUT2D eigenvalue weighted by Gasteiger charge is 2.66. The molecule has 2 heterocycles. The lowest BCUT2D eigenvalue weighted by Gasteiger charge is -2.57. The van der Waals surface area contributed by atoms with Crippen molar-refractivity contribution in [3.05, 3.63) is 35.4 Å². The second-order valence-corrected chi connectivity index (χ2v) is 7.45. The molecule has 0 amide bonds. The van der Waals surface area contributed by atoms with Gasteiger partial charge in [-0.1, -0.05) is 18.2 Å². The fourth-order valence-corrected chi connectivity index (χ4v) is 5.78. The van der Waals surface area contributed by atoms with Gasteiger partial charge in [0.05, 0.1) is 5.38 Å². The summed E-state index contributed by atoms with van der Waals surface area (Å²) in [5.74, 6) is 0.885. The number of likely N-dealkylation sites (N-methyl/N-ethyl adjacent to an activating group) is 1. The third kappa shape index (κ3) is 1.25. The number of aliphatic hydroxyl groups is 1. The van der Waals surface area contributed by atoms with Crippen LogP contribution in [0, 0.1) is 5.92 Å². The van der Waals surface area contributed by atoms with Crippen LogP contribution in [0.3, 0.4) is 0 Å². The van der Waals surface area contributed by atoms with Crippen molar-refractivity contribution in [1.29, 1.82) is 0 Å². The molecule has 4 nitrogen and oxygen atoms in total. The minimum atomic E-state index is -0.646. The fraction of sp³-hybridized carbons (Fsp3) is 0.529. The molecule has 0 aromatic heterocycles. The molecule has 5 rings (SSSR count). The van der Waals surface area contributed by atoms with Gasteiger partial charge < -0.3 is 19.8 Å². The molecular formula is C17H18ClNO3. The van der Waals surface area contributed by atoms with Gasteiger partial charge in [-0.05, 0) is 31.6 Å². The smallest absolute Gasteiger partial charge is 0.165 e. The number of hydrogen-bond donors (Lipinski definition) is 2. The van der Waals surface area contributed by atoms with Crippen molar-refractivity contribution in [3.63, 3.8) is 0 Å². The van der Waals surface area contributed by atoms with Crippen molar-refractivity contribution >= 4 is 11.6 Å². The van der Waals surface area contributed by atoms with E-state index < -0.39 is 6.10 Å². The molecule has 1 fully saturated rings. The van der Waals surface area contributed by atoms with E-state index in [9.17, 15) is 10.2 Å². The standard InChI is InChI=1S/C17H18ClNO3/c1-19-7-6-17-9-3-5-11(21)16(17)22-15-10(20)4-2-8(12(15)17)13(18)14(9)19/h2-5,9,11,13-14,16,20-21H,6-7H2,1H3/t9-,11-,13?,14-,16-,17-/m0/s1. The molecule has 1 saturated heterocycles. The van der Waals surface area contributed by atoms with Crippen LogP contribution in [0.2, 0.25) is 0 Å². The number of halogens is 1. The molecule has 116 valence electrons. The van der Waals surface area contributed by atoms with Gasteiger partial charge in [0.2, 0.25) is 0 Å². The third-order valence-electron chi connectivity index (χ3n) is 6.16. The minimum absolute atomic E-state index is 0.139. The van der Waals surface area contributed by atoms with Gasteiger partial charge in [-0.3, -0.25) is 0 Å². The average molecular weight is 320 g/mol. The van der Waals surface area contributed by atoms with Gasteiger partial charge in [0.25, 0.3) is 0 Å². The fourth-order valence-electron chi connectivity index (χ4n) is 5.25. The van der Waals surface area contributed by atoms with Gasteiger partial charge in [-0.15, -0.1) is 11.6 Å². The van der Waals surface area contributed by atoms with Crippen LogP contribution in [0.1, 0.15) is 22.9 Å². The maximum atomic E-state index is 10.5. The molecule has 1 aromatic carbocycles. The first-order chi connectivity index (χ1) is 10.6. The Bertz CT molecular complexity index is 705. The molecule has 1 aromatic rings. The summed E-state index contributed by atoms with van der Waals surface area (Å²) in [6, 6.07) is 3.77. The van der Waals surface area contributed by atoms with E-state index in [4.69, 9.17) is 16.3 Å². The summed E-state index contributed by atoms with van der Waals surface area (Å²) in [7, 11) is 2.11. The number of ether oxygens (including phenoxy) is 1. The zero-order valence-corrected chi connectivity index (χ0v) is 13.0. The van der Waals surface area contributed by atoms with E-state index in [0.29, 0.717) is 5.75 Å². The van der Waals surface area contributed by atoms with Crippen LogP contribution in [0.15, 0.2) is 24.3 Å². The predicted octanol–water partition coefficient (Wildman–Crippen LogP) is 1.94. The van der Waals surface area contributed by atoms with Gasteiger partial charge in [0.1, 0.15) is 12.2 Å². The minimum Gasteiger partial charge on any atom is -0.504 e. The Kier molecular flexibility index (Phi) is 2.40. The largest absolute Gasteiger partial charge is 0.504 e. The average Bonchev–Trinajstić information content (AvgIpc) is 2.85. The van der Waals surface area contributed by atoms with Gasteiger partial charge in [-0.25, -0.2) is 0 Å². The van der Waals surface area contributed by atoms with Crippen molar-refractivity contribution in [3.8, 4) is 11.5 Å². The lowest BCUT2D eigenvalue weighted by atomic mass is 9.53. The zero-order chi connectivity index (χ0) is 15.2. The van der Waals surface area contributed by atoms with Crippen LogP contribution in [0.4, 0.5) is 0 Å². The second kappa shape index (κ2) is 3.99. The molecule has 2 aliphatic carbocycles. The van der Waals surface area contributed by atoms with Crippen molar-refractivity contribution in [2.45, 2.75) is 35.5 Å². The molecule has 22 heavy (non-hydrogen) atoms. The molecule has 2 N–H and O–H groups in total. The molecule has 2 aliphatic heterocycles. The van der Waals surface area contributed by atoms with E-state index in [2.05, 4.69) is 18.0 Å². The number of hydrogen-bond acceptors (Lipinski definition) is 4. The predicted molar refractivity (Wildman–Crippen MR) is 82.5 cm³/mol. The molecule has 5 heteroatoms. The normalized spacial score (nSPS) is 44.6. The summed E-state index contributed by atoms with van der Waals surface area (Å²) in [5, 5.41) is 20.6. The molecule has 1 spiro atoms. The Morgan fingerprint density at radius 2 is 2.18 bits per heavy atom. The van der Waals surface area contributed by atoms with Crippen LogP contribution in [0.5, 0.6) is 11.5 Å². The van der Waals surface area contributed by atoms with E-state index in [-0.39, 0.29) is 34.6 Å². The molecular weight excluding hydrogens is 302 g/mol.